The zero-order valence-electron chi connectivity index (χ0n) is 19.0. The minimum atomic E-state index is -5.70. The minimum Gasteiger partial charge on any atom is -0.390 e. The highest BCUT2D eigenvalue weighted by Gasteiger charge is 2.50. The molecule has 18 nitrogen and oxygen atoms in total. The Morgan fingerprint density at radius 1 is 1.13 bits per heavy atom. The van der Waals surface area contributed by atoms with Crippen LogP contribution in [-0.2, 0) is 31.6 Å². The van der Waals surface area contributed by atoms with Gasteiger partial charge in [0.15, 0.2) is 5.84 Å². The van der Waals surface area contributed by atoms with Crippen LogP contribution in [-0.4, -0.2) is 90.6 Å². The van der Waals surface area contributed by atoms with Gasteiger partial charge < -0.3 is 34.3 Å². The van der Waals surface area contributed by atoms with E-state index in [0.717, 1.165) is 6.34 Å². The first kappa shape index (κ1) is 29.0. The fraction of sp³-hybridized carbons (Fsp3) is 0.412. The number of benzene rings is 1. The summed E-state index contributed by atoms with van der Waals surface area (Å²) in [5, 5.41) is 10.4. The first-order valence-electron chi connectivity index (χ1n) is 10.5. The number of ketones is 1. The van der Waals surface area contributed by atoms with Crippen LogP contribution in [0.2, 0.25) is 0 Å². The highest BCUT2D eigenvalue weighted by Crippen LogP contribution is 2.66. The van der Waals surface area contributed by atoms with E-state index in [1.54, 1.807) is 30.3 Å². The third kappa shape index (κ3) is 6.41. The lowest BCUT2D eigenvalue weighted by Crippen LogP contribution is -2.59. The van der Waals surface area contributed by atoms with E-state index < -0.39 is 60.0 Å². The predicted molar refractivity (Wildman–Crippen MR) is 127 cm³/mol. The molecule has 0 aliphatic carbocycles. The van der Waals surface area contributed by atoms with Crippen LogP contribution in [0.15, 0.2) is 45.3 Å². The van der Waals surface area contributed by atoms with Crippen molar-refractivity contribution in [1.29, 1.82) is 0 Å². The summed E-state index contributed by atoms with van der Waals surface area (Å²) < 4.78 is 51.6. The first-order chi connectivity index (χ1) is 17.6. The molecular formula is C17H22N5O13P3. The van der Waals surface area contributed by atoms with Crippen LogP contribution in [0.5, 0.6) is 0 Å². The molecule has 1 fully saturated rings. The number of phosphoric acid groups is 3. The van der Waals surface area contributed by atoms with E-state index >= 15 is 0 Å². The van der Waals surface area contributed by atoms with E-state index in [0.29, 0.717) is 5.56 Å². The number of hydrogen-bond acceptors (Lipinski definition) is 14. The fourth-order valence-electron chi connectivity index (χ4n) is 3.81. The van der Waals surface area contributed by atoms with Crippen molar-refractivity contribution in [3.8, 4) is 0 Å². The molecule has 0 bridgehead atoms. The Bertz CT molecular complexity index is 1330. The number of carbonyl (C=O) groups is 1. The van der Waals surface area contributed by atoms with Crippen LogP contribution in [0.1, 0.15) is 16.8 Å². The summed E-state index contributed by atoms with van der Waals surface area (Å²) in [5.74, 6) is -0.360. The largest absolute Gasteiger partial charge is 0.490 e. The van der Waals surface area contributed by atoms with Crippen molar-refractivity contribution in [3.63, 3.8) is 0 Å². The van der Waals surface area contributed by atoms with Gasteiger partial charge in [-0.15, -0.1) is 0 Å². The van der Waals surface area contributed by atoms with Crippen molar-refractivity contribution < 1.29 is 61.1 Å². The molecule has 7 N–H and O–H groups in total. The number of nitrogens with two attached hydrogens (primary N) is 1. The lowest BCUT2D eigenvalue weighted by Gasteiger charge is -2.30. The Morgan fingerprint density at radius 2 is 1.82 bits per heavy atom. The Morgan fingerprint density at radius 3 is 2.47 bits per heavy atom. The van der Waals surface area contributed by atoms with Crippen molar-refractivity contribution >= 4 is 47.1 Å². The second-order valence-electron chi connectivity index (χ2n) is 8.10. The van der Waals surface area contributed by atoms with Crippen LogP contribution < -0.4 is 5.73 Å². The van der Waals surface area contributed by atoms with Crippen LogP contribution in [0.3, 0.4) is 0 Å². The lowest BCUT2D eigenvalue weighted by molar-refractivity contribution is -0.0550. The molecule has 38 heavy (non-hydrogen) atoms. The lowest BCUT2D eigenvalue weighted by atomic mass is 9.93. The third-order valence-electron chi connectivity index (χ3n) is 5.42. The Hall–Kier alpha value is -2.01. The molecule has 0 saturated carbocycles. The number of phosphoric ester groups is 1. The molecule has 3 aliphatic rings. The van der Waals surface area contributed by atoms with Gasteiger partial charge in [0.2, 0.25) is 11.4 Å². The van der Waals surface area contributed by atoms with Crippen molar-refractivity contribution in [1.82, 2.24) is 4.90 Å². The monoisotopic (exact) mass is 597 g/mol. The van der Waals surface area contributed by atoms with Crippen molar-refractivity contribution in [2.75, 3.05) is 13.3 Å². The summed E-state index contributed by atoms with van der Waals surface area (Å²) in [5.41, 5.74) is 4.86. The zero-order chi connectivity index (χ0) is 27.9. The van der Waals surface area contributed by atoms with E-state index in [9.17, 15) is 33.4 Å². The summed E-state index contributed by atoms with van der Waals surface area (Å²) in [6.45, 7) is -0.914. The number of aliphatic hydroxyl groups excluding tert-OH is 1. The van der Waals surface area contributed by atoms with Gasteiger partial charge >= 0.3 is 23.5 Å². The zero-order valence-corrected chi connectivity index (χ0v) is 21.7. The Kier molecular flexibility index (Phi) is 8.02. The summed E-state index contributed by atoms with van der Waals surface area (Å²) in [4.78, 5) is 63.1. The molecule has 0 aromatic heterocycles. The minimum absolute atomic E-state index is 0.0709. The number of ether oxygens (including phenoxy) is 1. The smallest absolute Gasteiger partial charge is 0.390 e. The average Bonchev–Trinajstić information content (AvgIpc) is 3.39. The molecule has 3 unspecified atom stereocenters. The molecular weight excluding hydrogens is 575 g/mol. The van der Waals surface area contributed by atoms with Gasteiger partial charge in [-0.05, 0) is 0 Å². The summed E-state index contributed by atoms with van der Waals surface area (Å²) in [6, 6.07) is 8.21. The molecule has 3 aliphatic heterocycles. The number of carbonyl (C=O) groups excluding carboxylic acids is 1. The molecule has 0 spiro atoms. The Balaban J connectivity index is 1.39. The van der Waals surface area contributed by atoms with Crippen LogP contribution >= 0.6 is 23.5 Å². The normalized spacial score (nSPS) is 30.3. The number of amidine groups is 1. The van der Waals surface area contributed by atoms with Gasteiger partial charge in [0, 0.05) is 12.0 Å². The molecule has 4 rings (SSSR count). The topological polar surface area (TPSA) is 273 Å². The fourth-order valence-corrected chi connectivity index (χ4v) is 6.84. The van der Waals surface area contributed by atoms with Crippen molar-refractivity contribution in [3.05, 3.63) is 35.9 Å². The molecule has 3 heterocycles. The third-order valence-corrected chi connectivity index (χ3v) is 9.22. The second-order valence-corrected chi connectivity index (χ2v) is 12.5. The molecule has 1 aromatic carbocycles. The maximum Gasteiger partial charge on any atom is 0.490 e. The number of fused-ring (bicyclic) bond motifs is 1. The quantitative estimate of drug-likeness (QED) is 0.146. The van der Waals surface area contributed by atoms with Gasteiger partial charge in [-0.1, -0.05) is 30.3 Å². The molecule has 0 amide bonds. The molecule has 0 radical (unpaired) electrons. The predicted octanol–water partition coefficient (Wildman–Crippen LogP) is -0.502. The molecule has 1 saturated heterocycles. The SMILES string of the molecule is NC1(C(=O)c2ccccc2)N=CN=C2C1=NCN2[C@H]1C[C@H](O)[C@@H](COP(=O)(O)OP(=O)(O)OP(=O)(O)O)O1. The molecule has 208 valence electrons. The molecule has 21 heteroatoms. The highest BCUT2D eigenvalue weighted by atomic mass is 31.3. The summed E-state index contributed by atoms with van der Waals surface area (Å²) in [7, 11) is -16.7. The van der Waals surface area contributed by atoms with Crippen molar-refractivity contribution in [2.24, 2.45) is 20.7 Å². The van der Waals surface area contributed by atoms with Gasteiger partial charge in [0.1, 0.15) is 31.1 Å². The number of nitrogens with zero attached hydrogens (tertiary/aromatic N) is 4. The summed E-state index contributed by atoms with van der Waals surface area (Å²) in [6.07, 6.45) is -2.43. The van der Waals surface area contributed by atoms with E-state index in [-0.39, 0.29) is 24.6 Å². The van der Waals surface area contributed by atoms with E-state index in [4.69, 9.17) is 20.3 Å². The van der Waals surface area contributed by atoms with Gasteiger partial charge in [-0.25, -0.2) is 23.7 Å². The number of aliphatic hydroxyl groups is 1. The Labute approximate surface area is 213 Å². The maximum atomic E-state index is 13.1. The van der Waals surface area contributed by atoms with E-state index in [1.165, 1.54) is 4.90 Å². The van der Waals surface area contributed by atoms with Gasteiger partial charge in [0.25, 0.3) is 0 Å². The van der Waals surface area contributed by atoms with Crippen LogP contribution in [0.25, 0.3) is 0 Å². The maximum absolute atomic E-state index is 13.1. The first-order valence-corrected chi connectivity index (χ1v) is 15.1. The average molecular weight is 597 g/mol. The summed E-state index contributed by atoms with van der Waals surface area (Å²) >= 11 is 0. The molecule has 6 atom stereocenters. The van der Waals surface area contributed by atoms with Crippen LogP contribution in [0.4, 0.5) is 0 Å². The standard InChI is InChI=1S/C17H22N5O13P3/c18-17(15(24)10-4-2-1-3-5-10)14-16(19-8-21-17)22(9-20-14)13-6-11(23)12(33-13)7-32-37(28,29)35-38(30,31)34-36(25,26)27/h1-5,8,11-13,23H,6-7,9,18H2,(H,28,29)(H,30,31)(H2,25,26,27)/t11-,12+,13+,17?/m0/s1. The number of hydrogen-bond donors (Lipinski definition) is 6. The second kappa shape index (κ2) is 10.5. The van der Waals surface area contributed by atoms with E-state index in [1.807, 2.05) is 0 Å². The van der Waals surface area contributed by atoms with Crippen LogP contribution in [0, 0.1) is 0 Å². The molecule has 1 aromatic rings. The van der Waals surface area contributed by atoms with Gasteiger partial charge in [-0.3, -0.25) is 20.0 Å². The number of Topliss-reactive ketones (excluding diaryl/α,β-unsaturated/α-hetero) is 1. The van der Waals surface area contributed by atoms with Gasteiger partial charge in [0.05, 0.1) is 12.7 Å². The number of rotatable bonds is 10. The van der Waals surface area contributed by atoms with Crippen molar-refractivity contribution in [2.45, 2.75) is 30.5 Å². The van der Waals surface area contributed by atoms with E-state index in [2.05, 4.69) is 28.1 Å². The highest BCUT2D eigenvalue weighted by molar-refractivity contribution is 7.66. The number of aliphatic imine (C=N–C) groups is 3. The van der Waals surface area contributed by atoms with Gasteiger partial charge in [-0.2, -0.15) is 8.62 Å².